The van der Waals surface area contributed by atoms with Crippen LogP contribution in [0.15, 0.2) is 41.5 Å². The minimum Gasteiger partial charge on any atom is -0.291 e. The molecule has 1 aromatic carbocycles. The molecule has 22 heavy (non-hydrogen) atoms. The number of hydrogen-bond acceptors (Lipinski definition) is 3. The molecule has 0 saturated carbocycles. The molecule has 4 rings (SSSR count). The van der Waals surface area contributed by atoms with E-state index in [4.69, 9.17) is 0 Å². The van der Waals surface area contributed by atoms with E-state index < -0.39 is 0 Å². The summed E-state index contributed by atoms with van der Waals surface area (Å²) in [6, 6.07) is 10.1. The first-order valence-electron chi connectivity index (χ1n) is 7.82. The van der Waals surface area contributed by atoms with E-state index in [0.29, 0.717) is 0 Å². The van der Waals surface area contributed by atoms with Gasteiger partial charge in [-0.05, 0) is 43.7 Å². The molecule has 4 heteroatoms. The van der Waals surface area contributed by atoms with Crippen LogP contribution in [0.5, 0.6) is 0 Å². The monoisotopic (exact) mass is 310 g/mol. The number of aromatic nitrogens is 2. The fourth-order valence-corrected chi connectivity index (χ4v) is 4.55. The lowest BCUT2D eigenvalue weighted by Crippen LogP contribution is -2.24. The standard InChI is InChI=1S/C18H18N2OS/c1-12(13-7-3-2-4-8-13)20-11-19-17-16(18(20)21)14-9-5-6-10-15(14)22-17/h2-4,7-8,11-12H,5-6,9-10H2,1H3. The molecule has 0 aliphatic heterocycles. The van der Waals surface area contributed by atoms with Gasteiger partial charge in [-0.15, -0.1) is 11.3 Å². The summed E-state index contributed by atoms with van der Waals surface area (Å²) >= 11 is 1.71. The van der Waals surface area contributed by atoms with Crippen LogP contribution < -0.4 is 5.56 Å². The van der Waals surface area contributed by atoms with Gasteiger partial charge in [-0.3, -0.25) is 9.36 Å². The summed E-state index contributed by atoms with van der Waals surface area (Å²) in [5.41, 5.74) is 2.51. The Hall–Kier alpha value is -1.94. The van der Waals surface area contributed by atoms with Crippen molar-refractivity contribution in [3.05, 3.63) is 63.0 Å². The molecule has 0 radical (unpaired) electrons. The van der Waals surface area contributed by atoms with Crippen molar-refractivity contribution in [1.82, 2.24) is 9.55 Å². The zero-order valence-electron chi connectivity index (χ0n) is 12.6. The van der Waals surface area contributed by atoms with Gasteiger partial charge in [-0.1, -0.05) is 30.3 Å². The lowest BCUT2D eigenvalue weighted by Gasteiger charge is -2.15. The number of aryl methyl sites for hydroxylation is 2. The van der Waals surface area contributed by atoms with Gasteiger partial charge in [0, 0.05) is 4.88 Å². The second-order valence-corrected chi connectivity index (χ2v) is 7.02. The van der Waals surface area contributed by atoms with Crippen LogP contribution in [-0.4, -0.2) is 9.55 Å². The summed E-state index contributed by atoms with van der Waals surface area (Å²) in [6.45, 7) is 2.06. The van der Waals surface area contributed by atoms with Crippen molar-refractivity contribution in [1.29, 1.82) is 0 Å². The van der Waals surface area contributed by atoms with Crippen molar-refractivity contribution < 1.29 is 0 Å². The number of benzene rings is 1. The first-order valence-corrected chi connectivity index (χ1v) is 8.63. The van der Waals surface area contributed by atoms with Crippen LogP contribution in [-0.2, 0) is 12.8 Å². The number of nitrogens with zero attached hydrogens (tertiary/aromatic N) is 2. The van der Waals surface area contributed by atoms with Crippen LogP contribution in [0.2, 0.25) is 0 Å². The van der Waals surface area contributed by atoms with Crippen LogP contribution in [0.1, 0.15) is 41.8 Å². The number of hydrogen-bond donors (Lipinski definition) is 0. The van der Waals surface area contributed by atoms with E-state index in [1.807, 2.05) is 18.2 Å². The molecule has 1 aliphatic rings. The Morgan fingerprint density at radius 2 is 1.95 bits per heavy atom. The predicted octanol–water partition coefficient (Wildman–Crippen LogP) is 3.95. The Labute approximate surface area is 133 Å². The Morgan fingerprint density at radius 3 is 2.77 bits per heavy atom. The molecule has 1 atom stereocenters. The highest BCUT2D eigenvalue weighted by Gasteiger charge is 2.21. The Kier molecular flexibility index (Phi) is 3.34. The molecular weight excluding hydrogens is 292 g/mol. The molecule has 1 aliphatic carbocycles. The van der Waals surface area contributed by atoms with Crippen LogP contribution in [0.3, 0.4) is 0 Å². The zero-order valence-corrected chi connectivity index (χ0v) is 13.4. The predicted molar refractivity (Wildman–Crippen MR) is 90.8 cm³/mol. The van der Waals surface area contributed by atoms with Crippen LogP contribution >= 0.6 is 11.3 Å². The van der Waals surface area contributed by atoms with Crippen molar-refractivity contribution in [2.24, 2.45) is 0 Å². The summed E-state index contributed by atoms with van der Waals surface area (Å²) in [5, 5.41) is 0.866. The van der Waals surface area contributed by atoms with Crippen molar-refractivity contribution in [3.63, 3.8) is 0 Å². The van der Waals surface area contributed by atoms with Gasteiger partial charge in [0.1, 0.15) is 4.83 Å². The van der Waals surface area contributed by atoms with Gasteiger partial charge in [0.15, 0.2) is 0 Å². The van der Waals surface area contributed by atoms with Gasteiger partial charge >= 0.3 is 0 Å². The third kappa shape index (κ3) is 2.10. The van der Waals surface area contributed by atoms with E-state index in [1.54, 1.807) is 22.2 Å². The third-order valence-corrected chi connectivity index (χ3v) is 5.80. The Bertz CT molecular complexity index is 879. The molecule has 3 aromatic rings. The van der Waals surface area contributed by atoms with Crippen molar-refractivity contribution >= 4 is 21.6 Å². The van der Waals surface area contributed by atoms with Crippen LogP contribution in [0, 0.1) is 0 Å². The summed E-state index contributed by atoms with van der Waals surface area (Å²) in [7, 11) is 0. The fraction of sp³-hybridized carbons (Fsp3) is 0.333. The van der Waals surface area contributed by atoms with Crippen molar-refractivity contribution in [2.75, 3.05) is 0 Å². The minimum absolute atomic E-state index is 0.00439. The van der Waals surface area contributed by atoms with Gasteiger partial charge in [-0.25, -0.2) is 4.98 Å². The number of thiophene rings is 1. The van der Waals surface area contributed by atoms with Gasteiger partial charge in [0.05, 0.1) is 17.8 Å². The van der Waals surface area contributed by atoms with Crippen molar-refractivity contribution in [2.45, 2.75) is 38.6 Å². The quantitative estimate of drug-likeness (QED) is 0.718. The highest BCUT2D eigenvalue weighted by Crippen LogP contribution is 2.33. The molecule has 0 saturated heterocycles. The molecular formula is C18H18N2OS. The first kappa shape index (κ1) is 13.7. The van der Waals surface area contributed by atoms with Crippen molar-refractivity contribution in [3.8, 4) is 0 Å². The SMILES string of the molecule is CC(c1ccccc1)n1cnc2sc3c(c2c1=O)CCCC3. The molecule has 0 N–H and O–H groups in total. The lowest BCUT2D eigenvalue weighted by atomic mass is 9.97. The van der Waals surface area contributed by atoms with E-state index in [-0.39, 0.29) is 11.6 Å². The zero-order chi connectivity index (χ0) is 15.1. The van der Waals surface area contributed by atoms with E-state index in [2.05, 4.69) is 24.0 Å². The molecule has 0 bridgehead atoms. The first-order chi connectivity index (χ1) is 10.8. The average molecular weight is 310 g/mol. The van der Waals surface area contributed by atoms with Gasteiger partial charge in [0.25, 0.3) is 5.56 Å². The van der Waals surface area contributed by atoms with Gasteiger partial charge < -0.3 is 0 Å². The largest absolute Gasteiger partial charge is 0.291 e. The maximum absolute atomic E-state index is 13.0. The highest BCUT2D eigenvalue weighted by molar-refractivity contribution is 7.18. The average Bonchev–Trinajstić information content (AvgIpc) is 2.95. The fourth-order valence-electron chi connectivity index (χ4n) is 3.33. The van der Waals surface area contributed by atoms with Gasteiger partial charge in [0.2, 0.25) is 0 Å². The smallest absolute Gasteiger partial charge is 0.262 e. The molecule has 112 valence electrons. The molecule has 0 spiro atoms. The summed E-state index contributed by atoms with van der Waals surface area (Å²) in [5.74, 6) is 0. The van der Waals surface area contributed by atoms with E-state index >= 15 is 0 Å². The Balaban J connectivity index is 1.89. The molecule has 2 aromatic heterocycles. The summed E-state index contributed by atoms with van der Waals surface area (Å²) < 4.78 is 1.78. The second kappa shape index (κ2) is 5.36. The molecule has 1 unspecified atom stereocenters. The third-order valence-electron chi connectivity index (χ3n) is 4.60. The van der Waals surface area contributed by atoms with Crippen LogP contribution in [0.25, 0.3) is 10.2 Å². The summed E-state index contributed by atoms with van der Waals surface area (Å²) in [4.78, 5) is 19.9. The Morgan fingerprint density at radius 1 is 1.18 bits per heavy atom. The number of rotatable bonds is 2. The molecule has 0 amide bonds. The molecule has 0 fully saturated rings. The van der Waals surface area contributed by atoms with Crippen LogP contribution in [0.4, 0.5) is 0 Å². The second-order valence-electron chi connectivity index (χ2n) is 5.93. The highest BCUT2D eigenvalue weighted by atomic mass is 32.1. The maximum Gasteiger partial charge on any atom is 0.262 e. The lowest BCUT2D eigenvalue weighted by molar-refractivity contribution is 0.608. The number of fused-ring (bicyclic) bond motifs is 3. The van der Waals surface area contributed by atoms with E-state index in [9.17, 15) is 4.79 Å². The topological polar surface area (TPSA) is 34.9 Å². The van der Waals surface area contributed by atoms with E-state index in [0.717, 1.165) is 28.6 Å². The van der Waals surface area contributed by atoms with E-state index in [1.165, 1.54) is 23.3 Å². The maximum atomic E-state index is 13.0. The minimum atomic E-state index is 0.00439. The van der Waals surface area contributed by atoms with Gasteiger partial charge in [-0.2, -0.15) is 0 Å². The molecule has 2 heterocycles. The normalized spacial score (nSPS) is 15.7. The summed E-state index contributed by atoms with van der Waals surface area (Å²) in [6.07, 6.45) is 6.25. The molecule has 3 nitrogen and oxygen atoms in total.